The van der Waals surface area contributed by atoms with E-state index in [9.17, 15) is 9.59 Å². The monoisotopic (exact) mass is 408 g/mol. The second kappa shape index (κ2) is 7.05. The third-order valence-electron chi connectivity index (χ3n) is 3.50. The first-order valence-electron chi connectivity index (χ1n) is 6.96. The standard InChI is InChI=1S/C18H17IO3/c1-11-7-8-14(9-12(11)2)17(20)13(3)22-18(21)15-5-4-6-16(19)10-15/h4-10,13H,1-3H3/t13-/m0/s1. The van der Waals surface area contributed by atoms with Crippen molar-refractivity contribution in [3.8, 4) is 0 Å². The molecule has 0 unspecified atom stereocenters. The van der Waals surface area contributed by atoms with Crippen LogP contribution < -0.4 is 0 Å². The summed E-state index contributed by atoms with van der Waals surface area (Å²) in [6.45, 7) is 5.54. The van der Waals surface area contributed by atoms with Crippen molar-refractivity contribution in [2.75, 3.05) is 0 Å². The molecule has 114 valence electrons. The molecular weight excluding hydrogens is 391 g/mol. The van der Waals surface area contributed by atoms with Crippen LogP contribution in [0.1, 0.15) is 38.8 Å². The van der Waals surface area contributed by atoms with Crippen molar-refractivity contribution in [1.29, 1.82) is 0 Å². The van der Waals surface area contributed by atoms with Crippen LogP contribution in [0.3, 0.4) is 0 Å². The molecule has 2 aromatic carbocycles. The first-order valence-corrected chi connectivity index (χ1v) is 8.04. The summed E-state index contributed by atoms with van der Waals surface area (Å²) in [4.78, 5) is 24.4. The average molecular weight is 408 g/mol. The van der Waals surface area contributed by atoms with Crippen molar-refractivity contribution >= 4 is 34.3 Å². The van der Waals surface area contributed by atoms with Crippen molar-refractivity contribution < 1.29 is 14.3 Å². The highest BCUT2D eigenvalue weighted by molar-refractivity contribution is 14.1. The summed E-state index contributed by atoms with van der Waals surface area (Å²) in [6.07, 6.45) is -0.813. The Morgan fingerprint density at radius 3 is 2.36 bits per heavy atom. The zero-order valence-electron chi connectivity index (χ0n) is 12.7. The molecule has 0 spiro atoms. The SMILES string of the molecule is Cc1ccc(C(=O)[C@H](C)OC(=O)c2cccc(I)c2)cc1C. The number of esters is 1. The highest BCUT2D eigenvalue weighted by Gasteiger charge is 2.20. The Labute approximate surface area is 143 Å². The van der Waals surface area contributed by atoms with Crippen molar-refractivity contribution in [2.45, 2.75) is 26.9 Å². The highest BCUT2D eigenvalue weighted by atomic mass is 127. The predicted molar refractivity (Wildman–Crippen MR) is 94.3 cm³/mol. The summed E-state index contributed by atoms with van der Waals surface area (Å²) in [5, 5.41) is 0. The Hall–Kier alpha value is -1.69. The molecule has 0 fully saturated rings. The molecule has 0 heterocycles. The summed E-state index contributed by atoms with van der Waals surface area (Å²) in [5.74, 6) is -0.676. The Kier molecular flexibility index (Phi) is 5.34. The molecule has 0 saturated carbocycles. The fraction of sp³-hybridized carbons (Fsp3) is 0.222. The molecule has 0 amide bonds. The van der Waals surface area contributed by atoms with Gasteiger partial charge in [0.05, 0.1) is 5.56 Å². The van der Waals surface area contributed by atoms with Gasteiger partial charge in [-0.2, -0.15) is 0 Å². The number of ether oxygens (including phenoxy) is 1. The van der Waals surface area contributed by atoms with Crippen molar-refractivity contribution in [1.82, 2.24) is 0 Å². The molecule has 1 atom stereocenters. The quantitative estimate of drug-likeness (QED) is 0.430. The smallest absolute Gasteiger partial charge is 0.338 e. The second-order valence-corrected chi connectivity index (χ2v) is 6.47. The molecule has 3 nitrogen and oxygen atoms in total. The molecule has 0 aromatic heterocycles. The summed E-state index contributed by atoms with van der Waals surface area (Å²) >= 11 is 2.13. The van der Waals surface area contributed by atoms with Crippen LogP contribution in [0.5, 0.6) is 0 Å². The molecule has 0 aliphatic carbocycles. The number of ketones is 1. The van der Waals surface area contributed by atoms with Gasteiger partial charge in [-0.25, -0.2) is 4.79 Å². The van der Waals surface area contributed by atoms with Crippen LogP contribution >= 0.6 is 22.6 Å². The minimum Gasteiger partial charge on any atom is -0.451 e. The summed E-state index contributed by atoms with van der Waals surface area (Å²) in [7, 11) is 0. The lowest BCUT2D eigenvalue weighted by atomic mass is 10.0. The normalized spacial score (nSPS) is 11.8. The van der Waals surface area contributed by atoms with Gasteiger partial charge in [-0.1, -0.05) is 18.2 Å². The van der Waals surface area contributed by atoms with Gasteiger partial charge >= 0.3 is 5.97 Å². The molecule has 2 aromatic rings. The van der Waals surface area contributed by atoms with Crippen LogP contribution in [0.2, 0.25) is 0 Å². The van der Waals surface area contributed by atoms with Crippen LogP contribution in [0, 0.1) is 17.4 Å². The van der Waals surface area contributed by atoms with Gasteiger partial charge in [0.1, 0.15) is 0 Å². The Morgan fingerprint density at radius 1 is 1.00 bits per heavy atom. The third kappa shape index (κ3) is 3.94. The molecule has 0 N–H and O–H groups in total. The van der Waals surface area contributed by atoms with Crippen molar-refractivity contribution in [3.05, 3.63) is 68.3 Å². The first-order chi connectivity index (χ1) is 10.4. The van der Waals surface area contributed by atoms with Gasteiger partial charge < -0.3 is 4.74 Å². The third-order valence-corrected chi connectivity index (χ3v) is 4.18. The number of aryl methyl sites for hydroxylation is 2. The number of carbonyl (C=O) groups is 2. The topological polar surface area (TPSA) is 43.4 Å². The average Bonchev–Trinajstić information content (AvgIpc) is 2.49. The molecule has 0 saturated heterocycles. The van der Waals surface area contributed by atoms with Crippen LogP contribution in [0.4, 0.5) is 0 Å². The van der Waals surface area contributed by atoms with Gasteiger partial charge in [0.25, 0.3) is 0 Å². The maximum Gasteiger partial charge on any atom is 0.338 e. The van der Waals surface area contributed by atoms with E-state index < -0.39 is 12.1 Å². The molecule has 0 bridgehead atoms. The van der Waals surface area contributed by atoms with Crippen LogP contribution in [0.25, 0.3) is 0 Å². The fourth-order valence-corrected chi connectivity index (χ4v) is 2.57. The molecule has 4 heteroatoms. The second-order valence-electron chi connectivity index (χ2n) is 5.22. The maximum atomic E-state index is 12.4. The number of benzene rings is 2. The van der Waals surface area contributed by atoms with E-state index in [0.717, 1.165) is 14.7 Å². The molecule has 0 aliphatic rings. The van der Waals surface area contributed by atoms with Gasteiger partial charge in [-0.15, -0.1) is 0 Å². The van der Waals surface area contributed by atoms with Gasteiger partial charge in [0.15, 0.2) is 6.10 Å². The van der Waals surface area contributed by atoms with Gasteiger partial charge in [-0.05, 0) is 78.8 Å². The van der Waals surface area contributed by atoms with E-state index in [0.29, 0.717) is 11.1 Å². The molecular formula is C18H17IO3. The Morgan fingerprint density at radius 2 is 1.73 bits per heavy atom. The molecule has 0 aliphatic heterocycles. The van der Waals surface area contributed by atoms with E-state index in [2.05, 4.69) is 22.6 Å². The lowest BCUT2D eigenvalue weighted by molar-refractivity contribution is 0.0318. The molecule has 0 radical (unpaired) electrons. The maximum absolute atomic E-state index is 12.4. The molecule has 22 heavy (non-hydrogen) atoms. The van der Waals surface area contributed by atoms with Gasteiger partial charge in [-0.3, -0.25) is 4.79 Å². The van der Waals surface area contributed by atoms with E-state index in [1.807, 2.05) is 32.0 Å². The number of Topliss-reactive ketones (excluding diaryl/α,β-unsaturated/α-hetero) is 1. The van der Waals surface area contributed by atoms with E-state index >= 15 is 0 Å². The van der Waals surface area contributed by atoms with Crippen LogP contribution in [-0.4, -0.2) is 17.9 Å². The minimum absolute atomic E-state index is 0.193. The number of carbonyl (C=O) groups excluding carboxylic acids is 2. The zero-order valence-corrected chi connectivity index (χ0v) is 14.9. The predicted octanol–water partition coefficient (Wildman–Crippen LogP) is 4.34. The molecule has 2 rings (SSSR count). The summed E-state index contributed by atoms with van der Waals surface area (Å²) in [6, 6.07) is 12.6. The minimum atomic E-state index is -0.813. The van der Waals surface area contributed by atoms with Crippen LogP contribution in [-0.2, 0) is 4.74 Å². The van der Waals surface area contributed by atoms with Gasteiger partial charge in [0.2, 0.25) is 5.78 Å². The summed E-state index contributed by atoms with van der Waals surface area (Å²) in [5.41, 5.74) is 3.18. The number of hydrogen-bond donors (Lipinski definition) is 0. The fourth-order valence-electron chi connectivity index (χ4n) is 2.03. The van der Waals surface area contributed by atoms with E-state index in [1.54, 1.807) is 31.2 Å². The highest BCUT2D eigenvalue weighted by Crippen LogP contribution is 2.15. The zero-order chi connectivity index (χ0) is 16.3. The Balaban J connectivity index is 2.11. The van der Waals surface area contributed by atoms with E-state index in [4.69, 9.17) is 4.74 Å². The van der Waals surface area contributed by atoms with E-state index in [-0.39, 0.29) is 5.78 Å². The Bertz CT molecular complexity index is 722. The van der Waals surface area contributed by atoms with E-state index in [1.165, 1.54) is 0 Å². The summed E-state index contributed by atoms with van der Waals surface area (Å²) < 4.78 is 6.23. The lowest BCUT2D eigenvalue weighted by Gasteiger charge is -2.13. The lowest BCUT2D eigenvalue weighted by Crippen LogP contribution is -2.24. The number of hydrogen-bond acceptors (Lipinski definition) is 3. The van der Waals surface area contributed by atoms with Crippen molar-refractivity contribution in [3.63, 3.8) is 0 Å². The number of halogens is 1. The first kappa shape index (κ1) is 16.7. The largest absolute Gasteiger partial charge is 0.451 e. The number of rotatable bonds is 4. The van der Waals surface area contributed by atoms with Crippen LogP contribution in [0.15, 0.2) is 42.5 Å². The van der Waals surface area contributed by atoms with Crippen molar-refractivity contribution in [2.24, 2.45) is 0 Å². The van der Waals surface area contributed by atoms with Gasteiger partial charge in [0, 0.05) is 9.13 Å².